The van der Waals surface area contributed by atoms with E-state index in [4.69, 9.17) is 4.74 Å². The molecule has 0 aliphatic heterocycles. The van der Waals surface area contributed by atoms with Gasteiger partial charge in [0.2, 0.25) is 0 Å². The van der Waals surface area contributed by atoms with Crippen LogP contribution in [0, 0.1) is 0 Å². The highest BCUT2D eigenvalue weighted by molar-refractivity contribution is 7.05. The zero-order valence-corrected chi connectivity index (χ0v) is 16.4. The van der Waals surface area contributed by atoms with Crippen molar-refractivity contribution in [2.45, 2.75) is 24.8 Å². The molecular weight excluding hydrogens is 388 g/mol. The van der Waals surface area contributed by atoms with Crippen molar-refractivity contribution in [3.05, 3.63) is 76.8 Å². The number of carbonyl (C=O) groups is 2. The van der Waals surface area contributed by atoms with Gasteiger partial charge in [0.15, 0.2) is 0 Å². The number of carboxylic acid groups (broad SMARTS) is 1. The van der Waals surface area contributed by atoms with Crippen LogP contribution in [-0.4, -0.2) is 34.2 Å². The lowest BCUT2D eigenvalue weighted by Gasteiger charge is -2.17. The van der Waals surface area contributed by atoms with Gasteiger partial charge in [-0.05, 0) is 52.7 Å². The van der Waals surface area contributed by atoms with Gasteiger partial charge in [0.1, 0.15) is 12.6 Å². The van der Waals surface area contributed by atoms with E-state index < -0.39 is 18.1 Å². The summed E-state index contributed by atoms with van der Waals surface area (Å²) in [5.74, 6) is -1.14. The maximum absolute atomic E-state index is 12.3. The second-order valence-corrected chi connectivity index (χ2v) is 7.80. The van der Waals surface area contributed by atoms with E-state index >= 15 is 0 Å². The van der Waals surface area contributed by atoms with Crippen molar-refractivity contribution in [1.29, 1.82) is 0 Å². The number of rotatable bonds is 7. The first kappa shape index (κ1) is 19.1. The molecule has 1 aliphatic carbocycles. The van der Waals surface area contributed by atoms with Gasteiger partial charge in [-0.3, -0.25) is 0 Å². The summed E-state index contributed by atoms with van der Waals surface area (Å²) in [5.41, 5.74) is 4.51. The van der Waals surface area contributed by atoms with E-state index in [2.05, 4.69) is 21.8 Å². The van der Waals surface area contributed by atoms with E-state index in [9.17, 15) is 14.7 Å². The lowest BCUT2D eigenvalue weighted by molar-refractivity contribution is -0.139. The first-order chi connectivity index (χ1) is 14.1. The Morgan fingerprint density at radius 3 is 2.31 bits per heavy atom. The number of alkyl carbamates (subject to hydrolysis) is 1. The van der Waals surface area contributed by atoms with Gasteiger partial charge in [-0.15, -0.1) is 0 Å². The Morgan fingerprint density at radius 1 is 1.07 bits per heavy atom. The number of benzene rings is 2. The van der Waals surface area contributed by atoms with Crippen LogP contribution in [-0.2, 0) is 16.0 Å². The first-order valence-corrected chi connectivity index (χ1v) is 10.1. The van der Waals surface area contributed by atoms with Gasteiger partial charge in [0.25, 0.3) is 0 Å². The lowest BCUT2D eigenvalue weighted by atomic mass is 9.98. The maximum atomic E-state index is 12.3. The molecule has 0 bridgehead atoms. The third-order valence-electron chi connectivity index (χ3n) is 5.10. The molecule has 0 radical (unpaired) electrons. The molecule has 0 saturated carbocycles. The molecule has 1 unspecified atom stereocenters. The minimum Gasteiger partial charge on any atom is -0.480 e. The number of aryl methyl sites for hydroxylation is 1. The monoisotopic (exact) mass is 408 g/mol. The van der Waals surface area contributed by atoms with Crippen molar-refractivity contribution in [2.75, 3.05) is 6.61 Å². The van der Waals surface area contributed by atoms with Crippen molar-refractivity contribution in [3.63, 3.8) is 0 Å². The molecule has 29 heavy (non-hydrogen) atoms. The summed E-state index contributed by atoms with van der Waals surface area (Å²) in [6, 6.07) is 17.0. The number of carboxylic acids is 1. The molecule has 0 spiro atoms. The van der Waals surface area contributed by atoms with Crippen LogP contribution in [0.4, 0.5) is 4.79 Å². The molecule has 0 saturated heterocycles. The second kappa shape index (κ2) is 8.45. The van der Waals surface area contributed by atoms with Crippen LogP contribution >= 0.6 is 11.5 Å². The van der Waals surface area contributed by atoms with Gasteiger partial charge in [-0.2, -0.15) is 0 Å². The summed E-state index contributed by atoms with van der Waals surface area (Å²) in [4.78, 5) is 24.8. The quantitative estimate of drug-likeness (QED) is 0.615. The Morgan fingerprint density at radius 2 is 1.72 bits per heavy atom. The fraction of sp³-hybridized carbons (Fsp3) is 0.227. The molecule has 1 amide bonds. The maximum Gasteiger partial charge on any atom is 0.407 e. The van der Waals surface area contributed by atoms with E-state index in [0.29, 0.717) is 6.42 Å². The van der Waals surface area contributed by atoms with Gasteiger partial charge in [0, 0.05) is 17.0 Å². The molecule has 6 nitrogen and oxygen atoms in total. The Hall–Kier alpha value is -3.19. The lowest BCUT2D eigenvalue weighted by Crippen LogP contribution is -2.41. The summed E-state index contributed by atoms with van der Waals surface area (Å²) in [5, 5.41) is 11.9. The summed E-state index contributed by atoms with van der Waals surface area (Å²) in [7, 11) is 0. The first-order valence-electron chi connectivity index (χ1n) is 9.37. The molecule has 1 heterocycles. The molecule has 2 N–H and O–H groups in total. The second-order valence-electron chi connectivity index (χ2n) is 6.88. The van der Waals surface area contributed by atoms with Gasteiger partial charge in [0.05, 0.1) is 0 Å². The number of hydrogen-bond donors (Lipinski definition) is 2. The number of fused-ring (bicyclic) bond motifs is 3. The average Bonchev–Trinajstić information content (AvgIpc) is 3.35. The zero-order chi connectivity index (χ0) is 20.2. The number of aliphatic carboxylic acids is 1. The molecule has 0 fully saturated rings. The minimum absolute atomic E-state index is 0.0615. The molecule has 2 aromatic carbocycles. The van der Waals surface area contributed by atoms with Gasteiger partial charge in [-0.1, -0.05) is 48.5 Å². The number of carbonyl (C=O) groups excluding carboxylic acids is 1. The van der Waals surface area contributed by atoms with Gasteiger partial charge >= 0.3 is 12.1 Å². The average molecular weight is 408 g/mol. The van der Waals surface area contributed by atoms with Gasteiger partial charge in [-0.25, -0.2) is 14.0 Å². The van der Waals surface area contributed by atoms with Crippen LogP contribution in [0.25, 0.3) is 11.1 Å². The highest BCUT2D eigenvalue weighted by Gasteiger charge is 2.29. The highest BCUT2D eigenvalue weighted by atomic mass is 32.1. The molecular formula is C22H20N2O4S. The summed E-state index contributed by atoms with van der Waals surface area (Å²) >= 11 is 1.32. The number of nitrogens with one attached hydrogen (secondary N) is 1. The Balaban J connectivity index is 1.39. The van der Waals surface area contributed by atoms with Crippen LogP contribution in [0.1, 0.15) is 28.3 Å². The molecule has 1 aromatic heterocycles. The van der Waals surface area contributed by atoms with Crippen molar-refractivity contribution in [2.24, 2.45) is 0 Å². The van der Waals surface area contributed by atoms with Crippen molar-refractivity contribution in [3.8, 4) is 11.1 Å². The third kappa shape index (κ3) is 4.14. The van der Waals surface area contributed by atoms with E-state index in [1.54, 1.807) is 6.20 Å². The zero-order valence-electron chi connectivity index (χ0n) is 15.6. The topological polar surface area (TPSA) is 88.5 Å². The number of nitrogens with zero attached hydrogens (tertiary/aromatic N) is 1. The molecule has 1 atom stereocenters. The predicted octanol–water partition coefficient (Wildman–Crippen LogP) is 4.07. The number of amides is 1. The molecule has 3 aromatic rings. The Bertz CT molecular complexity index is 974. The fourth-order valence-corrected chi connectivity index (χ4v) is 4.29. The van der Waals surface area contributed by atoms with E-state index in [1.165, 1.54) is 11.5 Å². The third-order valence-corrected chi connectivity index (χ3v) is 5.91. The van der Waals surface area contributed by atoms with E-state index in [1.807, 2.05) is 42.5 Å². The standard InChI is InChI=1S/C22H20N2O4S/c25-21(26)20(10-9-14-11-12-23-29-14)24-22(27)28-13-19-17-7-3-1-5-15(17)16-6-2-4-8-18(16)19/h1-8,11-12,19-20H,9-10,13H2,(H,24,27)(H,25,26). The predicted molar refractivity (Wildman–Crippen MR) is 110 cm³/mol. The van der Waals surface area contributed by atoms with E-state index in [-0.39, 0.29) is 18.9 Å². The summed E-state index contributed by atoms with van der Waals surface area (Å²) in [6.45, 7) is 0.154. The van der Waals surface area contributed by atoms with Crippen LogP contribution in [0.3, 0.4) is 0 Å². The highest BCUT2D eigenvalue weighted by Crippen LogP contribution is 2.44. The molecule has 148 valence electrons. The van der Waals surface area contributed by atoms with Gasteiger partial charge < -0.3 is 15.2 Å². The largest absolute Gasteiger partial charge is 0.480 e. The van der Waals surface area contributed by atoms with Crippen molar-refractivity contribution >= 4 is 23.6 Å². The number of ether oxygens (including phenoxy) is 1. The number of hydrogen-bond acceptors (Lipinski definition) is 5. The minimum atomic E-state index is -1.08. The molecule has 1 aliphatic rings. The number of aromatic nitrogens is 1. The SMILES string of the molecule is O=C(NC(CCc1ccns1)C(=O)O)OCC1c2ccccc2-c2ccccc21. The fourth-order valence-electron chi connectivity index (χ4n) is 3.70. The van der Waals surface area contributed by atoms with Crippen molar-refractivity contribution in [1.82, 2.24) is 9.69 Å². The van der Waals surface area contributed by atoms with Crippen LogP contribution in [0.5, 0.6) is 0 Å². The van der Waals surface area contributed by atoms with Crippen LogP contribution in [0.2, 0.25) is 0 Å². The van der Waals surface area contributed by atoms with Crippen LogP contribution in [0.15, 0.2) is 60.8 Å². The van der Waals surface area contributed by atoms with Crippen molar-refractivity contribution < 1.29 is 19.4 Å². The summed E-state index contributed by atoms with van der Waals surface area (Å²) < 4.78 is 9.43. The smallest absolute Gasteiger partial charge is 0.407 e. The molecule has 7 heteroatoms. The molecule has 4 rings (SSSR count). The normalized spacial score (nSPS) is 13.4. The summed E-state index contributed by atoms with van der Waals surface area (Å²) in [6.07, 6.45) is 1.77. The Kier molecular flexibility index (Phi) is 5.57. The van der Waals surface area contributed by atoms with E-state index in [0.717, 1.165) is 27.1 Å². The van der Waals surface area contributed by atoms with Crippen LogP contribution < -0.4 is 5.32 Å². The Labute approximate surface area is 172 Å².